The normalized spacial score (nSPS) is 8.33. The van der Waals surface area contributed by atoms with Crippen molar-refractivity contribution in [3.8, 4) is 0 Å². The van der Waals surface area contributed by atoms with Gasteiger partial charge < -0.3 is 5.73 Å². The molecule has 5 nitrogen and oxygen atoms in total. The molecule has 0 aliphatic heterocycles. The summed E-state index contributed by atoms with van der Waals surface area (Å²) in [5.74, 6) is 5.91. The largest absolute Gasteiger partial charge is 0.394 e. The summed E-state index contributed by atoms with van der Waals surface area (Å²) in [5, 5.41) is 1.34. The summed E-state index contributed by atoms with van der Waals surface area (Å²) in [6, 6.07) is 0. The summed E-state index contributed by atoms with van der Waals surface area (Å²) < 4.78 is 0. The van der Waals surface area contributed by atoms with E-state index in [1.807, 2.05) is 13.8 Å². The van der Waals surface area contributed by atoms with Crippen LogP contribution in [0, 0.1) is 0 Å². The Kier molecular flexibility index (Phi) is 4.71. The smallest absolute Gasteiger partial charge is 0.168 e. The Morgan fingerprint density at radius 2 is 2.00 bits per heavy atom. The van der Waals surface area contributed by atoms with Gasteiger partial charge in [0.25, 0.3) is 0 Å². The van der Waals surface area contributed by atoms with Crippen LogP contribution in [0.15, 0.2) is 12.5 Å². The monoisotopic (exact) mass is 169 g/mol. The second-order valence-corrected chi connectivity index (χ2v) is 1.91. The highest BCUT2D eigenvalue weighted by Gasteiger charge is 2.00. The molecule has 0 amide bonds. The van der Waals surface area contributed by atoms with Crippen LogP contribution >= 0.6 is 0 Å². The number of aromatic nitrogens is 2. The first-order valence-electron chi connectivity index (χ1n) is 3.75. The molecule has 0 fully saturated rings. The average molecular weight is 169 g/mol. The highest BCUT2D eigenvalue weighted by atomic mass is 15.4. The summed E-state index contributed by atoms with van der Waals surface area (Å²) in [6.45, 7) is 4.00. The third-order valence-corrected chi connectivity index (χ3v) is 1.05. The zero-order valence-corrected chi connectivity index (χ0v) is 7.65. The first-order chi connectivity index (χ1) is 5.72. The van der Waals surface area contributed by atoms with Crippen LogP contribution in [0.4, 0.5) is 11.5 Å². The molecule has 0 aromatic carbocycles. The maximum Gasteiger partial charge on any atom is 0.168 e. The van der Waals surface area contributed by atoms with E-state index in [9.17, 15) is 0 Å². The number of rotatable bonds is 1. The number of hydrogen-bond donors (Lipinski definition) is 2. The van der Waals surface area contributed by atoms with E-state index in [-0.39, 0.29) is 0 Å². The zero-order chi connectivity index (χ0) is 9.56. The number of nitrogens with two attached hydrogens (primary N) is 2. The number of anilines is 2. The quantitative estimate of drug-likeness (QED) is 0.469. The zero-order valence-electron chi connectivity index (χ0n) is 7.65. The fourth-order valence-electron chi connectivity index (χ4n) is 0.629. The molecule has 0 saturated heterocycles. The first-order valence-corrected chi connectivity index (χ1v) is 3.75. The van der Waals surface area contributed by atoms with Crippen LogP contribution in [0.2, 0.25) is 0 Å². The van der Waals surface area contributed by atoms with E-state index in [0.29, 0.717) is 11.5 Å². The molecule has 0 radical (unpaired) electrons. The van der Waals surface area contributed by atoms with E-state index in [0.717, 1.165) is 0 Å². The van der Waals surface area contributed by atoms with Gasteiger partial charge in [0.2, 0.25) is 0 Å². The molecule has 0 saturated carbocycles. The second-order valence-electron chi connectivity index (χ2n) is 1.91. The third-order valence-electron chi connectivity index (χ3n) is 1.05. The maximum absolute atomic E-state index is 5.47. The van der Waals surface area contributed by atoms with Crippen LogP contribution in [0.3, 0.4) is 0 Å². The second kappa shape index (κ2) is 5.31. The standard InChI is InChI=1S/C5H9N5.C2H6/c1-10(7)5-4(6)2-8-3-9-5;1-2/h2-3H,6-7H2,1H3;1-2H3. The lowest BCUT2D eigenvalue weighted by Crippen LogP contribution is -2.27. The Balaban J connectivity index is 0.000000561. The molecule has 5 heteroatoms. The van der Waals surface area contributed by atoms with Gasteiger partial charge >= 0.3 is 0 Å². The summed E-state index contributed by atoms with van der Waals surface area (Å²) >= 11 is 0. The van der Waals surface area contributed by atoms with E-state index in [2.05, 4.69) is 9.97 Å². The van der Waals surface area contributed by atoms with Gasteiger partial charge in [-0.25, -0.2) is 15.8 Å². The molecule has 4 N–H and O–H groups in total. The van der Waals surface area contributed by atoms with Crippen molar-refractivity contribution in [2.75, 3.05) is 17.8 Å². The van der Waals surface area contributed by atoms with Gasteiger partial charge in [-0.2, -0.15) is 0 Å². The molecule has 0 bridgehead atoms. The minimum atomic E-state index is 0.479. The lowest BCUT2D eigenvalue weighted by Gasteiger charge is -2.11. The van der Waals surface area contributed by atoms with Gasteiger partial charge in [0, 0.05) is 7.05 Å². The van der Waals surface area contributed by atoms with Crippen LogP contribution in [-0.2, 0) is 0 Å². The molecule has 1 aromatic heterocycles. The molecule has 68 valence electrons. The molecule has 0 spiro atoms. The van der Waals surface area contributed by atoms with Crippen molar-refractivity contribution in [3.63, 3.8) is 0 Å². The number of hydrogen-bond acceptors (Lipinski definition) is 5. The van der Waals surface area contributed by atoms with Crippen LogP contribution in [0.25, 0.3) is 0 Å². The molecule has 1 aromatic rings. The first kappa shape index (κ1) is 10.6. The summed E-state index contributed by atoms with van der Waals surface area (Å²) in [7, 11) is 1.67. The molecule has 0 aliphatic carbocycles. The Bertz CT molecular complexity index is 223. The van der Waals surface area contributed by atoms with Crippen molar-refractivity contribution >= 4 is 11.5 Å². The van der Waals surface area contributed by atoms with Crippen molar-refractivity contribution in [1.82, 2.24) is 9.97 Å². The molecule has 0 aliphatic rings. The van der Waals surface area contributed by atoms with Gasteiger partial charge in [-0.05, 0) is 0 Å². The minimum absolute atomic E-state index is 0.479. The number of nitrogen functional groups attached to an aromatic ring is 1. The van der Waals surface area contributed by atoms with E-state index >= 15 is 0 Å². The number of hydrazine groups is 1. The van der Waals surface area contributed by atoms with Gasteiger partial charge in [-0.15, -0.1) is 0 Å². The van der Waals surface area contributed by atoms with Gasteiger partial charge in [0.15, 0.2) is 5.82 Å². The summed E-state index contributed by atoms with van der Waals surface area (Å²) in [4.78, 5) is 7.55. The molecule has 12 heavy (non-hydrogen) atoms. The van der Waals surface area contributed by atoms with E-state index < -0.39 is 0 Å². The Hall–Kier alpha value is -1.36. The molecule has 0 atom stereocenters. The predicted octanol–water partition coefficient (Wildman–Crippen LogP) is 0.395. The van der Waals surface area contributed by atoms with Crippen molar-refractivity contribution in [3.05, 3.63) is 12.5 Å². The minimum Gasteiger partial charge on any atom is -0.394 e. The van der Waals surface area contributed by atoms with Crippen molar-refractivity contribution in [1.29, 1.82) is 0 Å². The Morgan fingerprint density at radius 3 is 2.33 bits per heavy atom. The molecular weight excluding hydrogens is 154 g/mol. The molecule has 1 rings (SSSR count). The van der Waals surface area contributed by atoms with Crippen LogP contribution in [-0.4, -0.2) is 17.0 Å². The molecular formula is C7H15N5. The van der Waals surface area contributed by atoms with Crippen molar-refractivity contribution in [2.24, 2.45) is 5.84 Å². The summed E-state index contributed by atoms with van der Waals surface area (Å²) in [6.07, 6.45) is 2.90. The topological polar surface area (TPSA) is 81.1 Å². The maximum atomic E-state index is 5.47. The SMILES string of the molecule is CC.CN(N)c1ncncc1N. The summed E-state index contributed by atoms with van der Waals surface area (Å²) in [5.41, 5.74) is 5.95. The number of nitrogens with zero attached hydrogens (tertiary/aromatic N) is 3. The lowest BCUT2D eigenvalue weighted by molar-refractivity contribution is 0.966. The molecule has 1 heterocycles. The van der Waals surface area contributed by atoms with E-state index in [1.165, 1.54) is 17.5 Å². The van der Waals surface area contributed by atoms with Crippen LogP contribution in [0.5, 0.6) is 0 Å². The van der Waals surface area contributed by atoms with Gasteiger partial charge in [-0.1, -0.05) is 13.8 Å². The fourth-order valence-corrected chi connectivity index (χ4v) is 0.629. The third kappa shape index (κ3) is 2.71. The van der Waals surface area contributed by atoms with Gasteiger partial charge in [0.1, 0.15) is 6.33 Å². The highest BCUT2D eigenvalue weighted by molar-refractivity contribution is 5.59. The average Bonchev–Trinajstić information content (AvgIpc) is 2.08. The van der Waals surface area contributed by atoms with Crippen LogP contribution in [0.1, 0.15) is 13.8 Å². The Labute approximate surface area is 72.4 Å². The molecule has 0 unspecified atom stereocenters. The highest BCUT2D eigenvalue weighted by Crippen LogP contribution is 2.12. The predicted molar refractivity (Wildman–Crippen MR) is 50.4 cm³/mol. The van der Waals surface area contributed by atoms with Gasteiger partial charge in [-0.3, -0.25) is 5.01 Å². The van der Waals surface area contributed by atoms with Crippen molar-refractivity contribution < 1.29 is 0 Å². The fraction of sp³-hybridized carbons (Fsp3) is 0.429. The van der Waals surface area contributed by atoms with Crippen molar-refractivity contribution in [2.45, 2.75) is 13.8 Å². The van der Waals surface area contributed by atoms with E-state index in [4.69, 9.17) is 11.6 Å². The van der Waals surface area contributed by atoms with E-state index in [1.54, 1.807) is 7.05 Å². The van der Waals surface area contributed by atoms with Gasteiger partial charge in [0.05, 0.1) is 11.9 Å². The lowest BCUT2D eigenvalue weighted by atomic mass is 10.5. The van der Waals surface area contributed by atoms with Crippen LogP contribution < -0.4 is 16.6 Å². The Morgan fingerprint density at radius 1 is 1.42 bits per heavy atom.